The highest BCUT2D eigenvalue weighted by Gasteiger charge is 2.08. The number of rotatable bonds is 6. The Morgan fingerprint density at radius 3 is 2.71 bits per heavy atom. The lowest BCUT2D eigenvalue weighted by Gasteiger charge is -2.18. The molecule has 17 heavy (non-hydrogen) atoms. The molecule has 0 radical (unpaired) electrons. The monoisotopic (exact) mass is 300 g/mol. The number of pyridine rings is 1. The molecular weight excluding hydrogens is 280 g/mol. The smallest absolute Gasteiger partial charge is 0.138 e. The molecule has 0 aromatic carbocycles. The third-order valence-electron chi connectivity index (χ3n) is 2.28. The van der Waals surface area contributed by atoms with Gasteiger partial charge in [-0.2, -0.15) is 0 Å². The minimum absolute atomic E-state index is 0.391. The van der Waals surface area contributed by atoms with Crippen molar-refractivity contribution in [1.82, 2.24) is 10.3 Å². The Hall–Kier alpha value is -0.610. The summed E-state index contributed by atoms with van der Waals surface area (Å²) in [6.07, 6.45) is 4.64. The lowest BCUT2D eigenvalue weighted by Crippen LogP contribution is -2.25. The van der Waals surface area contributed by atoms with Crippen LogP contribution in [0.25, 0.3) is 0 Å². The molecule has 0 aliphatic carbocycles. The molecule has 0 saturated carbocycles. The number of hydrogen-bond donors (Lipinski definition) is 1. The zero-order valence-corrected chi connectivity index (χ0v) is 12.4. The Bertz CT molecular complexity index is 336. The third-order valence-corrected chi connectivity index (χ3v) is 2.71. The molecule has 0 fully saturated rings. The van der Waals surface area contributed by atoms with E-state index in [-0.39, 0.29) is 0 Å². The van der Waals surface area contributed by atoms with E-state index in [1.54, 1.807) is 12.4 Å². The zero-order valence-electron chi connectivity index (χ0n) is 10.8. The average molecular weight is 301 g/mol. The maximum atomic E-state index is 5.56. The topological polar surface area (TPSA) is 34.1 Å². The van der Waals surface area contributed by atoms with Crippen LogP contribution in [-0.2, 0) is 0 Å². The molecule has 0 aliphatic rings. The Morgan fingerprint density at radius 2 is 2.06 bits per heavy atom. The van der Waals surface area contributed by atoms with E-state index >= 15 is 0 Å². The van der Waals surface area contributed by atoms with E-state index in [0.29, 0.717) is 12.0 Å². The van der Waals surface area contributed by atoms with Crippen molar-refractivity contribution < 1.29 is 4.74 Å². The summed E-state index contributed by atoms with van der Waals surface area (Å²) in [6.45, 7) is 9.31. The van der Waals surface area contributed by atoms with Gasteiger partial charge in [0.15, 0.2) is 0 Å². The number of halogens is 1. The van der Waals surface area contributed by atoms with Crippen LogP contribution >= 0.6 is 15.9 Å². The van der Waals surface area contributed by atoms with Gasteiger partial charge in [0.25, 0.3) is 0 Å². The van der Waals surface area contributed by atoms with Crippen molar-refractivity contribution in [2.75, 3.05) is 19.7 Å². The Morgan fingerprint density at radius 1 is 1.29 bits per heavy atom. The zero-order chi connectivity index (χ0) is 12.7. The minimum Gasteiger partial charge on any atom is -0.491 e. The molecule has 96 valence electrons. The van der Waals surface area contributed by atoms with Gasteiger partial charge in [-0.15, -0.1) is 0 Å². The predicted molar refractivity (Wildman–Crippen MR) is 74.4 cm³/mol. The second-order valence-corrected chi connectivity index (χ2v) is 6.16. The Labute approximate surface area is 112 Å². The van der Waals surface area contributed by atoms with E-state index in [1.165, 1.54) is 6.42 Å². The molecule has 3 nitrogen and oxygen atoms in total. The quantitative estimate of drug-likeness (QED) is 0.819. The van der Waals surface area contributed by atoms with Crippen molar-refractivity contribution in [1.29, 1.82) is 0 Å². The summed E-state index contributed by atoms with van der Waals surface area (Å²) in [5, 5.41) is 3.37. The van der Waals surface area contributed by atoms with Crippen LogP contribution < -0.4 is 10.1 Å². The van der Waals surface area contributed by atoms with E-state index in [2.05, 4.69) is 47.0 Å². The molecule has 0 atom stereocenters. The maximum Gasteiger partial charge on any atom is 0.138 e. The van der Waals surface area contributed by atoms with Crippen LogP contribution in [0.4, 0.5) is 0 Å². The van der Waals surface area contributed by atoms with Gasteiger partial charge in [0.05, 0.1) is 6.20 Å². The standard InChI is InChI=1S/C13H21BrN2O/c1-13(2,3)4-5-15-6-7-17-12-8-11(14)9-16-10-12/h8-10,15H,4-7H2,1-3H3. The number of hydrogen-bond acceptors (Lipinski definition) is 3. The summed E-state index contributed by atoms with van der Waals surface area (Å²) in [5.41, 5.74) is 0.391. The number of aromatic nitrogens is 1. The van der Waals surface area contributed by atoms with Crippen LogP contribution in [0.2, 0.25) is 0 Å². The molecule has 0 unspecified atom stereocenters. The molecule has 0 spiro atoms. The van der Waals surface area contributed by atoms with Gasteiger partial charge < -0.3 is 10.1 Å². The largest absolute Gasteiger partial charge is 0.491 e. The normalized spacial score (nSPS) is 11.5. The minimum atomic E-state index is 0.391. The van der Waals surface area contributed by atoms with Crippen LogP contribution in [0.1, 0.15) is 27.2 Å². The molecule has 4 heteroatoms. The molecule has 0 bridgehead atoms. The van der Waals surface area contributed by atoms with E-state index in [4.69, 9.17) is 4.74 Å². The lowest BCUT2D eigenvalue weighted by molar-refractivity contribution is 0.303. The van der Waals surface area contributed by atoms with Gasteiger partial charge >= 0.3 is 0 Å². The fourth-order valence-electron chi connectivity index (χ4n) is 1.30. The highest BCUT2D eigenvalue weighted by molar-refractivity contribution is 9.10. The number of nitrogens with zero attached hydrogens (tertiary/aromatic N) is 1. The van der Waals surface area contributed by atoms with Gasteiger partial charge in [0.1, 0.15) is 12.4 Å². The van der Waals surface area contributed by atoms with Gasteiger partial charge in [-0.25, -0.2) is 0 Å². The van der Waals surface area contributed by atoms with Crippen molar-refractivity contribution in [2.45, 2.75) is 27.2 Å². The molecule has 1 heterocycles. The van der Waals surface area contributed by atoms with Gasteiger partial charge in [0.2, 0.25) is 0 Å². The van der Waals surface area contributed by atoms with Gasteiger partial charge in [0, 0.05) is 17.2 Å². The van der Waals surface area contributed by atoms with Crippen LogP contribution in [-0.4, -0.2) is 24.7 Å². The van der Waals surface area contributed by atoms with Crippen LogP contribution in [0.5, 0.6) is 5.75 Å². The molecule has 0 aliphatic heterocycles. The highest BCUT2D eigenvalue weighted by atomic mass is 79.9. The lowest BCUT2D eigenvalue weighted by atomic mass is 9.92. The first-order valence-corrected chi connectivity index (χ1v) is 6.71. The molecule has 0 saturated heterocycles. The number of nitrogens with one attached hydrogen (secondary N) is 1. The SMILES string of the molecule is CC(C)(C)CCNCCOc1cncc(Br)c1. The van der Waals surface area contributed by atoms with Gasteiger partial charge in [-0.3, -0.25) is 4.98 Å². The van der Waals surface area contributed by atoms with Crippen molar-refractivity contribution >= 4 is 15.9 Å². The van der Waals surface area contributed by atoms with Crippen molar-refractivity contribution in [3.05, 3.63) is 22.9 Å². The van der Waals surface area contributed by atoms with Crippen molar-refractivity contribution in [3.8, 4) is 5.75 Å². The molecule has 0 amide bonds. The summed E-state index contributed by atoms with van der Waals surface area (Å²) in [4.78, 5) is 4.04. The summed E-state index contributed by atoms with van der Waals surface area (Å²) < 4.78 is 6.50. The summed E-state index contributed by atoms with van der Waals surface area (Å²) >= 11 is 3.36. The highest BCUT2D eigenvalue weighted by Crippen LogP contribution is 2.17. The molecule has 1 rings (SSSR count). The predicted octanol–water partition coefficient (Wildman–Crippen LogP) is 3.25. The third kappa shape index (κ3) is 7.34. The molecule has 1 aromatic heterocycles. The Balaban J connectivity index is 2.09. The summed E-state index contributed by atoms with van der Waals surface area (Å²) in [7, 11) is 0. The molecular formula is C13H21BrN2O. The van der Waals surface area contributed by atoms with Gasteiger partial charge in [-0.1, -0.05) is 20.8 Å². The Kier molecular flexibility index (Phi) is 5.92. The van der Waals surface area contributed by atoms with E-state index in [9.17, 15) is 0 Å². The van der Waals surface area contributed by atoms with Crippen LogP contribution in [0, 0.1) is 5.41 Å². The van der Waals surface area contributed by atoms with Crippen molar-refractivity contribution in [3.63, 3.8) is 0 Å². The van der Waals surface area contributed by atoms with Crippen LogP contribution in [0.3, 0.4) is 0 Å². The first kappa shape index (κ1) is 14.5. The summed E-state index contributed by atoms with van der Waals surface area (Å²) in [6, 6.07) is 1.92. The van der Waals surface area contributed by atoms with Gasteiger partial charge in [-0.05, 0) is 40.4 Å². The fraction of sp³-hybridized carbons (Fsp3) is 0.615. The van der Waals surface area contributed by atoms with Crippen molar-refractivity contribution in [2.24, 2.45) is 5.41 Å². The average Bonchev–Trinajstić information content (AvgIpc) is 2.22. The van der Waals surface area contributed by atoms with Crippen LogP contribution in [0.15, 0.2) is 22.9 Å². The maximum absolute atomic E-state index is 5.56. The van der Waals surface area contributed by atoms with E-state index in [0.717, 1.165) is 23.3 Å². The number of ether oxygens (including phenoxy) is 1. The molecule has 1 aromatic rings. The summed E-state index contributed by atoms with van der Waals surface area (Å²) in [5.74, 6) is 0.803. The van der Waals surface area contributed by atoms with E-state index in [1.807, 2.05) is 6.07 Å². The molecule has 1 N–H and O–H groups in total. The second-order valence-electron chi connectivity index (χ2n) is 5.25. The van der Waals surface area contributed by atoms with E-state index < -0.39 is 0 Å². The second kappa shape index (κ2) is 6.97. The first-order valence-electron chi connectivity index (χ1n) is 5.91. The first-order chi connectivity index (χ1) is 7.97. The fourth-order valence-corrected chi connectivity index (χ4v) is 1.64.